The van der Waals surface area contributed by atoms with Crippen LogP contribution >= 0.6 is 24.0 Å². The van der Waals surface area contributed by atoms with E-state index in [4.69, 9.17) is 17.0 Å². The van der Waals surface area contributed by atoms with Crippen LogP contribution in [0.4, 0.5) is 0 Å². The van der Waals surface area contributed by atoms with Gasteiger partial charge in [0.05, 0.1) is 24.7 Å². The number of methoxy groups -OCH3 is 1. The predicted molar refractivity (Wildman–Crippen MR) is 122 cm³/mol. The molecule has 2 aromatic rings. The Kier molecular flexibility index (Phi) is 7.62. The van der Waals surface area contributed by atoms with Crippen LogP contribution in [0.5, 0.6) is 5.75 Å². The van der Waals surface area contributed by atoms with Gasteiger partial charge in [-0.2, -0.15) is 0 Å². The monoisotopic (exact) mass is 442 g/mol. The van der Waals surface area contributed by atoms with Crippen LogP contribution in [0, 0.1) is 0 Å². The van der Waals surface area contributed by atoms with E-state index in [-0.39, 0.29) is 25.0 Å². The van der Waals surface area contributed by atoms with Gasteiger partial charge < -0.3 is 15.2 Å². The van der Waals surface area contributed by atoms with E-state index in [0.717, 1.165) is 22.9 Å². The summed E-state index contributed by atoms with van der Waals surface area (Å²) in [6.07, 6.45) is 2.21. The fourth-order valence-corrected chi connectivity index (χ4v) is 4.29. The number of hydrogen-bond acceptors (Lipinski definition) is 6. The quantitative estimate of drug-likeness (QED) is 0.483. The fraction of sp³-hybridized carbons (Fsp3) is 0.227. The van der Waals surface area contributed by atoms with Gasteiger partial charge in [0, 0.05) is 5.56 Å². The zero-order valence-corrected chi connectivity index (χ0v) is 18.0. The first-order valence-electron chi connectivity index (χ1n) is 9.34. The van der Waals surface area contributed by atoms with Crippen LogP contribution in [-0.4, -0.2) is 52.4 Å². The van der Waals surface area contributed by atoms with Crippen molar-refractivity contribution in [2.24, 2.45) is 0 Å². The van der Waals surface area contributed by atoms with Crippen molar-refractivity contribution in [3.05, 3.63) is 70.6 Å². The maximum atomic E-state index is 12.8. The lowest BCUT2D eigenvalue weighted by atomic mass is 10.1. The number of para-hydroxylation sites is 1. The summed E-state index contributed by atoms with van der Waals surface area (Å²) in [6.45, 7) is -0.397. The third kappa shape index (κ3) is 5.47. The second kappa shape index (κ2) is 10.4. The van der Waals surface area contributed by atoms with Crippen LogP contribution < -0.4 is 10.1 Å². The minimum atomic E-state index is -0.442. The van der Waals surface area contributed by atoms with Gasteiger partial charge in [-0.1, -0.05) is 72.5 Å². The van der Waals surface area contributed by atoms with E-state index in [1.165, 1.54) is 4.90 Å². The van der Waals surface area contributed by atoms with Crippen molar-refractivity contribution < 1.29 is 19.4 Å². The number of aliphatic hydroxyl groups excluding tert-OH is 1. The highest BCUT2D eigenvalue weighted by atomic mass is 32.2. The molecule has 1 fully saturated rings. The van der Waals surface area contributed by atoms with Gasteiger partial charge in [-0.15, -0.1) is 0 Å². The molecule has 0 unspecified atom stereocenters. The van der Waals surface area contributed by atoms with Gasteiger partial charge >= 0.3 is 0 Å². The van der Waals surface area contributed by atoms with Crippen molar-refractivity contribution in [3.8, 4) is 5.75 Å². The summed E-state index contributed by atoms with van der Waals surface area (Å²) in [5.41, 5.74) is 1.76. The number of amides is 2. The molecule has 156 valence electrons. The Morgan fingerprint density at radius 3 is 2.63 bits per heavy atom. The molecule has 30 heavy (non-hydrogen) atoms. The Bertz CT molecular complexity index is 963. The average Bonchev–Trinajstić information content (AvgIpc) is 3.01. The highest BCUT2D eigenvalue weighted by Gasteiger charge is 2.33. The second-order valence-electron chi connectivity index (χ2n) is 6.65. The maximum absolute atomic E-state index is 12.8. The van der Waals surface area contributed by atoms with E-state index < -0.39 is 6.04 Å². The molecule has 0 aromatic heterocycles. The van der Waals surface area contributed by atoms with Gasteiger partial charge in [-0.3, -0.25) is 14.5 Å². The largest absolute Gasteiger partial charge is 0.496 e. The summed E-state index contributed by atoms with van der Waals surface area (Å²) in [5, 5.41) is 12.4. The number of carbonyl (C=O) groups is 2. The van der Waals surface area contributed by atoms with Crippen LogP contribution in [0.3, 0.4) is 0 Å². The minimum absolute atomic E-state index is 0.195. The van der Waals surface area contributed by atoms with E-state index in [2.05, 4.69) is 5.32 Å². The number of benzene rings is 2. The number of nitrogens with zero attached hydrogens (tertiary/aromatic N) is 1. The summed E-state index contributed by atoms with van der Waals surface area (Å²) in [7, 11) is 1.56. The number of rotatable bonds is 8. The molecule has 0 bridgehead atoms. The van der Waals surface area contributed by atoms with Crippen molar-refractivity contribution in [2.45, 2.75) is 12.5 Å². The molecule has 2 amide bonds. The van der Waals surface area contributed by atoms with Gasteiger partial charge in [0.1, 0.15) is 16.6 Å². The van der Waals surface area contributed by atoms with E-state index in [1.54, 1.807) is 13.2 Å². The molecule has 1 heterocycles. The first-order chi connectivity index (χ1) is 14.5. The molecule has 2 N–H and O–H groups in total. The normalized spacial score (nSPS) is 16.1. The van der Waals surface area contributed by atoms with Crippen molar-refractivity contribution in [1.82, 2.24) is 10.2 Å². The molecule has 0 aliphatic carbocycles. The molecule has 2 aromatic carbocycles. The smallest absolute Gasteiger partial charge is 0.266 e. The molecule has 8 heteroatoms. The van der Waals surface area contributed by atoms with Gasteiger partial charge in [0.2, 0.25) is 5.91 Å². The topological polar surface area (TPSA) is 78.9 Å². The summed E-state index contributed by atoms with van der Waals surface area (Å²) < 4.78 is 5.63. The minimum Gasteiger partial charge on any atom is -0.496 e. The van der Waals surface area contributed by atoms with E-state index in [0.29, 0.717) is 21.4 Å². The Hall–Kier alpha value is -2.68. The van der Waals surface area contributed by atoms with Gasteiger partial charge in [-0.25, -0.2) is 0 Å². The van der Waals surface area contributed by atoms with Gasteiger partial charge in [-0.05, 0) is 24.1 Å². The number of nitrogens with one attached hydrogen (secondary N) is 1. The van der Waals surface area contributed by atoms with Crippen LogP contribution in [0.15, 0.2) is 59.5 Å². The summed E-state index contributed by atoms with van der Waals surface area (Å²) in [6, 6.07) is 16.5. The first-order valence-corrected chi connectivity index (χ1v) is 10.6. The van der Waals surface area contributed by atoms with E-state index in [9.17, 15) is 14.7 Å². The summed E-state index contributed by atoms with van der Waals surface area (Å²) in [5.74, 6) is -0.0540. The van der Waals surface area contributed by atoms with Crippen LogP contribution in [-0.2, 0) is 16.0 Å². The molecular weight excluding hydrogens is 420 g/mol. The van der Waals surface area contributed by atoms with Gasteiger partial charge in [0.15, 0.2) is 0 Å². The van der Waals surface area contributed by atoms with Crippen molar-refractivity contribution in [1.29, 1.82) is 0 Å². The van der Waals surface area contributed by atoms with Gasteiger partial charge in [0.25, 0.3) is 5.91 Å². The molecule has 0 spiro atoms. The third-order valence-electron chi connectivity index (χ3n) is 4.51. The fourth-order valence-electron chi connectivity index (χ4n) is 3.04. The lowest BCUT2D eigenvalue weighted by Crippen LogP contribution is -2.45. The average molecular weight is 443 g/mol. The number of carbonyl (C=O) groups excluding carboxylic acids is 2. The molecular formula is C22H22N2O4S2. The van der Waals surface area contributed by atoms with Crippen molar-refractivity contribution >= 4 is 46.2 Å². The molecule has 1 atom stereocenters. The number of ether oxygens (including phenoxy) is 1. The second-order valence-corrected chi connectivity index (χ2v) is 8.32. The van der Waals surface area contributed by atoms with Crippen LogP contribution in [0.1, 0.15) is 11.1 Å². The van der Waals surface area contributed by atoms with Crippen LogP contribution in [0.25, 0.3) is 6.08 Å². The predicted octanol–water partition coefficient (Wildman–Crippen LogP) is 2.62. The molecule has 6 nitrogen and oxygen atoms in total. The Labute approximate surface area is 184 Å². The van der Waals surface area contributed by atoms with Crippen LogP contribution in [0.2, 0.25) is 0 Å². The number of thioether (sulfide) groups is 1. The Morgan fingerprint density at radius 1 is 1.23 bits per heavy atom. The number of thiocarbonyl (C=S) groups is 1. The third-order valence-corrected chi connectivity index (χ3v) is 5.89. The lowest BCUT2D eigenvalue weighted by Gasteiger charge is -2.19. The molecule has 0 radical (unpaired) electrons. The SMILES string of the molecule is COc1ccccc1/C=C1\SC(=S)N(CC(=O)N[C@H](CO)Cc2ccccc2)C1=O. The van der Waals surface area contributed by atoms with Crippen molar-refractivity contribution in [3.63, 3.8) is 0 Å². The first kappa shape index (κ1) is 22.0. The Morgan fingerprint density at radius 2 is 1.93 bits per heavy atom. The zero-order valence-electron chi connectivity index (χ0n) is 16.4. The standard InChI is InChI=1S/C22H22N2O4S2/c1-28-18-10-6-5-9-16(18)12-19-21(27)24(22(29)30-19)13-20(26)23-17(14-25)11-15-7-3-2-4-8-15/h2-10,12,17,25H,11,13-14H2,1H3,(H,23,26)/b19-12-/t17-/m0/s1. The Balaban J connectivity index is 1.64. The number of aliphatic hydroxyl groups is 1. The highest BCUT2D eigenvalue weighted by Crippen LogP contribution is 2.34. The van der Waals surface area contributed by atoms with E-state index >= 15 is 0 Å². The molecule has 3 rings (SSSR count). The molecule has 0 saturated carbocycles. The summed E-state index contributed by atoms with van der Waals surface area (Å²) in [4.78, 5) is 27.0. The molecule has 1 aliphatic heterocycles. The zero-order chi connectivity index (χ0) is 21.5. The molecule has 1 aliphatic rings. The maximum Gasteiger partial charge on any atom is 0.266 e. The van der Waals surface area contributed by atoms with Crippen molar-refractivity contribution in [2.75, 3.05) is 20.3 Å². The highest BCUT2D eigenvalue weighted by molar-refractivity contribution is 8.26. The van der Waals surface area contributed by atoms with E-state index in [1.807, 2.05) is 54.6 Å². The number of hydrogen-bond donors (Lipinski definition) is 2. The summed E-state index contributed by atoms with van der Waals surface area (Å²) >= 11 is 6.45. The molecule has 1 saturated heterocycles. The lowest BCUT2D eigenvalue weighted by molar-refractivity contribution is -0.129.